The van der Waals surface area contributed by atoms with E-state index >= 15 is 0 Å². The molecule has 1 amide bonds. The van der Waals surface area contributed by atoms with Gasteiger partial charge in [0.05, 0.1) is 10.5 Å². The van der Waals surface area contributed by atoms with Crippen LogP contribution in [0.5, 0.6) is 0 Å². The summed E-state index contributed by atoms with van der Waals surface area (Å²) >= 11 is 0. The summed E-state index contributed by atoms with van der Waals surface area (Å²) in [4.78, 5) is 26.2. The Kier molecular flexibility index (Phi) is 7.04. The number of nitrogens with zero attached hydrogens (tertiary/aromatic N) is 1. The largest absolute Gasteiger partial charge is 0.452 e. The van der Waals surface area contributed by atoms with Crippen LogP contribution in [0.2, 0.25) is 0 Å². The number of amides is 1. The van der Waals surface area contributed by atoms with Crippen LogP contribution < -0.4 is 9.62 Å². The zero-order valence-electron chi connectivity index (χ0n) is 16.9. The van der Waals surface area contributed by atoms with Gasteiger partial charge < -0.3 is 9.64 Å². The van der Waals surface area contributed by atoms with Crippen LogP contribution in [0.4, 0.5) is 11.4 Å². The average molecular weight is 439 g/mol. The standard InChI is InChI=1S/C23H22N2O5S/c1-2-25(20-11-7-4-8-12-20)22(26)17-30-23(27)18-13-15-21(16-14-18)31(28,29)24-19-9-5-3-6-10-19/h3-16,24H,2,17H2,1H3. The number of nitrogens with one attached hydrogen (secondary N) is 1. The first-order chi connectivity index (χ1) is 14.9. The Morgan fingerprint density at radius 1 is 0.871 bits per heavy atom. The van der Waals surface area contributed by atoms with E-state index in [4.69, 9.17) is 4.74 Å². The van der Waals surface area contributed by atoms with Gasteiger partial charge in [0.2, 0.25) is 0 Å². The Hall–Kier alpha value is -3.65. The molecule has 0 aliphatic rings. The minimum absolute atomic E-state index is 0.00483. The smallest absolute Gasteiger partial charge is 0.338 e. The molecule has 0 fully saturated rings. The third kappa shape index (κ3) is 5.70. The first-order valence-electron chi connectivity index (χ1n) is 9.61. The molecule has 0 aliphatic heterocycles. The van der Waals surface area contributed by atoms with Crippen molar-refractivity contribution in [1.29, 1.82) is 0 Å². The van der Waals surface area contributed by atoms with E-state index in [0.29, 0.717) is 17.9 Å². The van der Waals surface area contributed by atoms with E-state index in [-0.39, 0.29) is 16.4 Å². The van der Waals surface area contributed by atoms with Crippen molar-refractivity contribution in [2.24, 2.45) is 0 Å². The van der Waals surface area contributed by atoms with Crippen LogP contribution >= 0.6 is 0 Å². The number of hydrogen-bond acceptors (Lipinski definition) is 5. The zero-order chi connectivity index (χ0) is 22.3. The Balaban J connectivity index is 1.62. The van der Waals surface area contributed by atoms with Crippen molar-refractivity contribution in [3.8, 4) is 0 Å². The lowest BCUT2D eigenvalue weighted by Crippen LogP contribution is -2.34. The summed E-state index contributed by atoms with van der Waals surface area (Å²) in [7, 11) is -3.79. The summed E-state index contributed by atoms with van der Waals surface area (Å²) < 4.78 is 32.5. The van der Waals surface area contributed by atoms with Gasteiger partial charge in [0.1, 0.15) is 0 Å². The third-order valence-electron chi connectivity index (χ3n) is 4.44. The van der Waals surface area contributed by atoms with E-state index in [0.717, 1.165) is 0 Å². The van der Waals surface area contributed by atoms with E-state index in [1.54, 1.807) is 42.5 Å². The van der Waals surface area contributed by atoms with Crippen LogP contribution in [-0.2, 0) is 19.6 Å². The van der Waals surface area contributed by atoms with Crippen LogP contribution in [-0.4, -0.2) is 33.4 Å². The monoisotopic (exact) mass is 438 g/mol. The summed E-state index contributed by atoms with van der Waals surface area (Å²) in [5.41, 5.74) is 1.30. The Labute approximate surface area is 181 Å². The molecule has 7 nitrogen and oxygen atoms in total. The highest BCUT2D eigenvalue weighted by atomic mass is 32.2. The fourth-order valence-electron chi connectivity index (χ4n) is 2.89. The quantitative estimate of drug-likeness (QED) is 0.542. The molecule has 0 unspecified atom stereocenters. The zero-order valence-corrected chi connectivity index (χ0v) is 17.7. The van der Waals surface area contributed by atoms with E-state index < -0.39 is 22.6 Å². The van der Waals surface area contributed by atoms with Gasteiger partial charge >= 0.3 is 5.97 Å². The predicted octanol–water partition coefficient (Wildman–Crippen LogP) is 3.70. The topological polar surface area (TPSA) is 92.8 Å². The van der Waals surface area contributed by atoms with Gasteiger partial charge in [-0.1, -0.05) is 36.4 Å². The number of likely N-dealkylation sites (N-methyl/N-ethyl adjacent to an activating group) is 1. The van der Waals surface area contributed by atoms with Gasteiger partial charge in [0, 0.05) is 17.9 Å². The Morgan fingerprint density at radius 2 is 1.45 bits per heavy atom. The van der Waals surface area contributed by atoms with E-state index in [1.165, 1.54) is 29.2 Å². The lowest BCUT2D eigenvalue weighted by molar-refractivity contribution is -0.121. The maximum absolute atomic E-state index is 12.5. The lowest BCUT2D eigenvalue weighted by atomic mass is 10.2. The van der Waals surface area contributed by atoms with Gasteiger partial charge in [0.15, 0.2) is 6.61 Å². The summed E-state index contributed by atoms with van der Waals surface area (Å²) in [6.45, 7) is 1.84. The molecule has 0 spiro atoms. The highest BCUT2D eigenvalue weighted by Crippen LogP contribution is 2.17. The number of benzene rings is 3. The van der Waals surface area contributed by atoms with Crippen molar-refractivity contribution >= 4 is 33.3 Å². The van der Waals surface area contributed by atoms with Gasteiger partial charge in [-0.3, -0.25) is 9.52 Å². The second kappa shape index (κ2) is 9.90. The minimum Gasteiger partial charge on any atom is -0.452 e. The summed E-state index contributed by atoms with van der Waals surface area (Å²) in [6, 6.07) is 22.9. The number of carbonyl (C=O) groups excluding carboxylic acids is 2. The van der Waals surface area contributed by atoms with Crippen LogP contribution in [0.1, 0.15) is 17.3 Å². The Bertz CT molecular complexity index is 1130. The highest BCUT2D eigenvalue weighted by molar-refractivity contribution is 7.92. The van der Waals surface area contributed by atoms with E-state index in [9.17, 15) is 18.0 Å². The van der Waals surface area contributed by atoms with Crippen molar-refractivity contribution in [2.45, 2.75) is 11.8 Å². The van der Waals surface area contributed by atoms with Crippen molar-refractivity contribution in [1.82, 2.24) is 0 Å². The summed E-state index contributed by atoms with van der Waals surface area (Å²) in [5.74, 6) is -1.06. The average Bonchev–Trinajstić information content (AvgIpc) is 2.79. The molecule has 3 aromatic rings. The maximum Gasteiger partial charge on any atom is 0.338 e. The Morgan fingerprint density at radius 3 is 2.03 bits per heavy atom. The van der Waals surface area contributed by atoms with Gasteiger partial charge in [-0.25, -0.2) is 13.2 Å². The van der Waals surface area contributed by atoms with Crippen LogP contribution in [0.15, 0.2) is 89.8 Å². The molecule has 31 heavy (non-hydrogen) atoms. The molecule has 3 rings (SSSR count). The van der Waals surface area contributed by atoms with Crippen molar-refractivity contribution in [3.63, 3.8) is 0 Å². The van der Waals surface area contributed by atoms with Gasteiger partial charge in [-0.2, -0.15) is 0 Å². The number of anilines is 2. The normalized spacial score (nSPS) is 10.9. The molecule has 0 aliphatic carbocycles. The maximum atomic E-state index is 12.5. The number of sulfonamides is 1. The molecule has 8 heteroatoms. The van der Waals surface area contributed by atoms with Gasteiger partial charge in [-0.05, 0) is 55.5 Å². The van der Waals surface area contributed by atoms with Crippen molar-refractivity contribution in [2.75, 3.05) is 22.8 Å². The molecule has 0 radical (unpaired) electrons. The van der Waals surface area contributed by atoms with Crippen LogP contribution in [0, 0.1) is 0 Å². The fraction of sp³-hybridized carbons (Fsp3) is 0.130. The molecule has 0 saturated heterocycles. The fourth-order valence-corrected chi connectivity index (χ4v) is 3.95. The predicted molar refractivity (Wildman–Crippen MR) is 118 cm³/mol. The molecule has 3 aromatic carbocycles. The molecule has 0 aromatic heterocycles. The number of para-hydroxylation sites is 2. The number of esters is 1. The van der Waals surface area contributed by atoms with Crippen LogP contribution in [0.25, 0.3) is 0 Å². The molecule has 0 saturated carbocycles. The lowest BCUT2D eigenvalue weighted by Gasteiger charge is -2.20. The SMILES string of the molecule is CCN(C(=O)COC(=O)c1ccc(S(=O)(=O)Nc2ccccc2)cc1)c1ccccc1. The molecular weight excluding hydrogens is 416 g/mol. The van der Waals surface area contributed by atoms with E-state index in [2.05, 4.69) is 4.72 Å². The number of ether oxygens (including phenoxy) is 1. The third-order valence-corrected chi connectivity index (χ3v) is 5.84. The number of rotatable bonds is 8. The minimum atomic E-state index is -3.79. The second-order valence-corrected chi connectivity index (χ2v) is 8.23. The first-order valence-corrected chi connectivity index (χ1v) is 11.1. The first kappa shape index (κ1) is 22.0. The van der Waals surface area contributed by atoms with Gasteiger partial charge in [-0.15, -0.1) is 0 Å². The number of carbonyl (C=O) groups is 2. The summed E-state index contributed by atoms with van der Waals surface area (Å²) in [6.07, 6.45) is 0. The highest BCUT2D eigenvalue weighted by Gasteiger charge is 2.18. The summed E-state index contributed by atoms with van der Waals surface area (Å²) in [5, 5.41) is 0. The van der Waals surface area contributed by atoms with Crippen molar-refractivity contribution in [3.05, 3.63) is 90.5 Å². The van der Waals surface area contributed by atoms with Crippen LogP contribution in [0.3, 0.4) is 0 Å². The van der Waals surface area contributed by atoms with Gasteiger partial charge in [0.25, 0.3) is 15.9 Å². The molecule has 0 atom stereocenters. The molecular formula is C23H22N2O5S. The van der Waals surface area contributed by atoms with E-state index in [1.807, 2.05) is 25.1 Å². The number of hydrogen-bond donors (Lipinski definition) is 1. The van der Waals surface area contributed by atoms with Crippen molar-refractivity contribution < 1.29 is 22.7 Å². The molecule has 1 N–H and O–H groups in total. The second-order valence-electron chi connectivity index (χ2n) is 6.55. The molecule has 160 valence electrons. The molecule has 0 heterocycles. The molecule has 0 bridgehead atoms.